The quantitative estimate of drug-likeness (QED) is 0.784. The molecule has 0 radical (unpaired) electrons. The third kappa shape index (κ3) is 4.51. The lowest BCUT2D eigenvalue weighted by molar-refractivity contribution is 0.0502. The minimum atomic E-state index is -0.255. The van der Waals surface area contributed by atoms with Crippen molar-refractivity contribution in [2.24, 2.45) is 0 Å². The number of rotatable bonds is 8. The molecule has 2 unspecified atom stereocenters. The first-order valence-corrected chi connectivity index (χ1v) is 7.14. The zero-order chi connectivity index (χ0) is 14.3. The Morgan fingerprint density at radius 2 is 1.95 bits per heavy atom. The molecule has 0 heterocycles. The van der Waals surface area contributed by atoms with Crippen LogP contribution in [0.3, 0.4) is 0 Å². The molecule has 19 heavy (non-hydrogen) atoms. The Bertz CT molecular complexity index is 368. The molecule has 1 rings (SSSR count). The van der Waals surface area contributed by atoms with E-state index in [1.165, 1.54) is 0 Å². The first-order valence-electron chi connectivity index (χ1n) is 7.14. The van der Waals surface area contributed by atoms with Crippen LogP contribution in [0.25, 0.3) is 0 Å². The molecular formula is C16H27NO2. The second-order valence-electron chi connectivity index (χ2n) is 5.06. The van der Waals surface area contributed by atoms with E-state index in [-0.39, 0.29) is 12.1 Å². The van der Waals surface area contributed by atoms with E-state index >= 15 is 0 Å². The number of ether oxygens (including phenoxy) is 1. The number of benzene rings is 1. The summed E-state index contributed by atoms with van der Waals surface area (Å²) in [6.45, 7) is 5.03. The number of aliphatic hydroxyl groups is 1. The van der Waals surface area contributed by atoms with Crippen LogP contribution in [0.5, 0.6) is 5.75 Å². The Labute approximate surface area is 117 Å². The van der Waals surface area contributed by atoms with Crippen molar-refractivity contribution in [1.29, 1.82) is 0 Å². The van der Waals surface area contributed by atoms with Gasteiger partial charge in [-0.1, -0.05) is 38.5 Å². The van der Waals surface area contributed by atoms with Crippen LogP contribution in [0.1, 0.15) is 38.7 Å². The van der Waals surface area contributed by atoms with Gasteiger partial charge in [-0.2, -0.15) is 0 Å². The third-order valence-electron chi connectivity index (χ3n) is 3.63. The number of nitrogens with zero attached hydrogens (tertiary/aromatic N) is 1. The lowest BCUT2D eigenvalue weighted by atomic mass is 10.0. The van der Waals surface area contributed by atoms with Crippen LogP contribution in [0.2, 0.25) is 0 Å². The molecule has 2 atom stereocenters. The van der Waals surface area contributed by atoms with Crippen LogP contribution < -0.4 is 4.74 Å². The number of para-hydroxylation sites is 1. The first-order chi connectivity index (χ1) is 9.13. The molecule has 0 aliphatic heterocycles. The predicted octanol–water partition coefficient (Wildman–Crippen LogP) is 3.07. The zero-order valence-electron chi connectivity index (χ0n) is 12.6. The second-order valence-corrected chi connectivity index (χ2v) is 5.06. The molecule has 0 spiro atoms. The molecule has 1 aromatic rings. The van der Waals surface area contributed by atoms with Crippen molar-refractivity contribution in [2.45, 2.75) is 51.8 Å². The standard InChI is InChI=1S/C16H27NO2/c1-5-9-15(18)14(6-2)17(3)12-13-10-7-8-11-16(13)19-4/h7-8,10-11,14-15,18H,5-6,9,12H2,1-4H3. The molecule has 0 saturated carbocycles. The average molecular weight is 265 g/mol. The summed E-state index contributed by atoms with van der Waals surface area (Å²) in [4.78, 5) is 2.22. The van der Waals surface area contributed by atoms with Gasteiger partial charge < -0.3 is 9.84 Å². The van der Waals surface area contributed by atoms with E-state index in [0.29, 0.717) is 0 Å². The molecule has 0 aliphatic rings. The lowest BCUT2D eigenvalue weighted by Crippen LogP contribution is -2.40. The van der Waals surface area contributed by atoms with Gasteiger partial charge in [0.05, 0.1) is 13.2 Å². The van der Waals surface area contributed by atoms with E-state index in [9.17, 15) is 5.11 Å². The molecule has 0 saturated heterocycles. The first kappa shape index (κ1) is 16.0. The van der Waals surface area contributed by atoms with Gasteiger partial charge in [-0.15, -0.1) is 0 Å². The Morgan fingerprint density at radius 1 is 1.26 bits per heavy atom. The van der Waals surface area contributed by atoms with Gasteiger partial charge in [-0.05, 0) is 26.0 Å². The highest BCUT2D eigenvalue weighted by molar-refractivity contribution is 5.33. The minimum Gasteiger partial charge on any atom is -0.496 e. The Balaban J connectivity index is 2.73. The normalized spacial score (nSPS) is 14.4. The van der Waals surface area contributed by atoms with E-state index in [0.717, 1.165) is 37.1 Å². The second kappa shape index (κ2) is 8.18. The van der Waals surface area contributed by atoms with Gasteiger partial charge in [-0.25, -0.2) is 0 Å². The minimum absolute atomic E-state index is 0.199. The molecule has 0 fully saturated rings. The fourth-order valence-corrected chi connectivity index (χ4v) is 2.59. The topological polar surface area (TPSA) is 32.7 Å². The van der Waals surface area contributed by atoms with Crippen LogP contribution in [0.4, 0.5) is 0 Å². The predicted molar refractivity (Wildman–Crippen MR) is 79.5 cm³/mol. The smallest absolute Gasteiger partial charge is 0.123 e. The van der Waals surface area contributed by atoms with E-state index in [2.05, 4.69) is 31.9 Å². The van der Waals surface area contributed by atoms with Gasteiger partial charge >= 0.3 is 0 Å². The molecule has 3 heteroatoms. The average Bonchev–Trinajstić information content (AvgIpc) is 2.40. The fraction of sp³-hybridized carbons (Fsp3) is 0.625. The fourth-order valence-electron chi connectivity index (χ4n) is 2.59. The van der Waals surface area contributed by atoms with E-state index in [1.807, 2.05) is 18.2 Å². The number of hydrogen-bond donors (Lipinski definition) is 1. The molecular weight excluding hydrogens is 238 g/mol. The number of likely N-dealkylation sites (N-methyl/N-ethyl adjacent to an activating group) is 1. The van der Waals surface area contributed by atoms with Crippen LogP contribution in [0, 0.1) is 0 Å². The van der Waals surface area contributed by atoms with Crippen molar-refractivity contribution >= 4 is 0 Å². The SMILES string of the molecule is CCCC(O)C(CC)N(C)Cc1ccccc1OC. The Hall–Kier alpha value is -1.06. The van der Waals surface area contributed by atoms with Gasteiger partial charge in [0.1, 0.15) is 5.75 Å². The highest BCUT2D eigenvalue weighted by Crippen LogP contribution is 2.21. The van der Waals surface area contributed by atoms with E-state index in [4.69, 9.17) is 4.74 Å². The summed E-state index contributed by atoms with van der Waals surface area (Å²) in [5.74, 6) is 0.911. The molecule has 108 valence electrons. The summed E-state index contributed by atoms with van der Waals surface area (Å²) in [6.07, 6.45) is 2.57. The molecule has 1 N–H and O–H groups in total. The molecule has 1 aromatic carbocycles. The largest absolute Gasteiger partial charge is 0.496 e. The summed E-state index contributed by atoms with van der Waals surface area (Å²) in [5, 5.41) is 10.2. The van der Waals surface area contributed by atoms with Gasteiger partial charge in [0, 0.05) is 18.2 Å². The number of methoxy groups -OCH3 is 1. The maximum atomic E-state index is 10.2. The van der Waals surface area contributed by atoms with Gasteiger partial charge in [-0.3, -0.25) is 4.90 Å². The molecule has 0 amide bonds. The number of aliphatic hydroxyl groups excluding tert-OH is 1. The summed E-state index contributed by atoms with van der Waals surface area (Å²) in [7, 11) is 3.77. The lowest BCUT2D eigenvalue weighted by Gasteiger charge is -2.31. The van der Waals surface area contributed by atoms with Crippen molar-refractivity contribution in [3.63, 3.8) is 0 Å². The molecule has 0 aliphatic carbocycles. The van der Waals surface area contributed by atoms with Crippen LogP contribution in [0.15, 0.2) is 24.3 Å². The van der Waals surface area contributed by atoms with Crippen molar-refractivity contribution in [3.8, 4) is 5.75 Å². The Kier molecular flexibility index (Phi) is 6.89. The monoisotopic (exact) mass is 265 g/mol. The summed E-state index contributed by atoms with van der Waals surface area (Å²) in [5.41, 5.74) is 1.16. The summed E-state index contributed by atoms with van der Waals surface area (Å²) >= 11 is 0. The molecule has 0 aromatic heterocycles. The third-order valence-corrected chi connectivity index (χ3v) is 3.63. The van der Waals surface area contributed by atoms with Gasteiger partial charge in [0.2, 0.25) is 0 Å². The molecule has 3 nitrogen and oxygen atoms in total. The summed E-state index contributed by atoms with van der Waals surface area (Å²) < 4.78 is 5.38. The molecule has 0 bridgehead atoms. The van der Waals surface area contributed by atoms with Crippen molar-refractivity contribution in [1.82, 2.24) is 4.90 Å². The van der Waals surface area contributed by atoms with Gasteiger partial charge in [0.15, 0.2) is 0 Å². The maximum Gasteiger partial charge on any atom is 0.123 e. The van der Waals surface area contributed by atoms with Crippen molar-refractivity contribution in [3.05, 3.63) is 29.8 Å². The van der Waals surface area contributed by atoms with E-state index in [1.54, 1.807) is 7.11 Å². The zero-order valence-corrected chi connectivity index (χ0v) is 12.6. The number of hydrogen-bond acceptors (Lipinski definition) is 3. The highest BCUT2D eigenvalue weighted by Gasteiger charge is 2.21. The Morgan fingerprint density at radius 3 is 2.53 bits per heavy atom. The van der Waals surface area contributed by atoms with Crippen LogP contribution in [-0.4, -0.2) is 36.3 Å². The van der Waals surface area contributed by atoms with Crippen molar-refractivity contribution in [2.75, 3.05) is 14.2 Å². The van der Waals surface area contributed by atoms with Crippen molar-refractivity contribution < 1.29 is 9.84 Å². The summed E-state index contributed by atoms with van der Waals surface area (Å²) in [6, 6.07) is 8.26. The van der Waals surface area contributed by atoms with Gasteiger partial charge in [0.25, 0.3) is 0 Å². The highest BCUT2D eigenvalue weighted by atomic mass is 16.5. The van der Waals surface area contributed by atoms with Crippen LogP contribution >= 0.6 is 0 Å². The van der Waals surface area contributed by atoms with E-state index < -0.39 is 0 Å². The maximum absolute atomic E-state index is 10.2. The van der Waals surface area contributed by atoms with Crippen LogP contribution in [-0.2, 0) is 6.54 Å².